The average Bonchev–Trinajstić information content (AvgIpc) is 2.27. The van der Waals surface area contributed by atoms with Gasteiger partial charge in [0.25, 0.3) is 0 Å². The minimum Gasteiger partial charge on any atom is -0.359 e. The predicted molar refractivity (Wildman–Crippen MR) is 72.4 cm³/mol. The van der Waals surface area contributed by atoms with Crippen LogP contribution >= 0.6 is 0 Å². The molecular weight excluding hydrogens is 228 g/mol. The summed E-state index contributed by atoms with van der Waals surface area (Å²) in [4.78, 5) is 22.6. The van der Waals surface area contributed by atoms with Gasteiger partial charge < -0.3 is 10.6 Å². The van der Waals surface area contributed by atoms with Crippen LogP contribution in [0.3, 0.4) is 0 Å². The number of ketones is 1. The lowest BCUT2D eigenvalue weighted by Gasteiger charge is -2.21. The number of hydrogen-bond donors (Lipinski definition) is 2. The first-order valence-electron chi connectivity index (χ1n) is 6.04. The zero-order chi connectivity index (χ0) is 13.7. The third-order valence-electron chi connectivity index (χ3n) is 2.64. The Bertz CT molecular complexity index is 441. The van der Waals surface area contributed by atoms with Gasteiger partial charge in [0, 0.05) is 12.6 Å². The smallest absolute Gasteiger partial charge is 0.218 e. The maximum atomic E-state index is 11.5. The number of amides is 1. The number of rotatable bonds is 5. The standard InChI is InChI=1S/C14H20N2O2/c1-9(2)12-7-5-6-8-13(12)16-14(10(3)17)15-11(4)18/h5-9,14,16H,1-4H3,(H,15,18). The van der Waals surface area contributed by atoms with Crippen molar-refractivity contribution in [2.24, 2.45) is 0 Å². The summed E-state index contributed by atoms with van der Waals surface area (Å²) >= 11 is 0. The second kappa shape index (κ2) is 6.19. The van der Waals surface area contributed by atoms with Crippen molar-refractivity contribution in [2.75, 3.05) is 5.32 Å². The Kier molecular flexibility index (Phi) is 4.89. The Morgan fingerprint density at radius 1 is 1.11 bits per heavy atom. The Balaban J connectivity index is 2.93. The van der Waals surface area contributed by atoms with Gasteiger partial charge in [0.2, 0.25) is 5.91 Å². The van der Waals surface area contributed by atoms with Gasteiger partial charge in [-0.3, -0.25) is 9.59 Å². The molecule has 1 unspecified atom stereocenters. The Labute approximate surface area is 108 Å². The molecule has 18 heavy (non-hydrogen) atoms. The van der Waals surface area contributed by atoms with Crippen molar-refractivity contribution in [3.05, 3.63) is 29.8 Å². The number of para-hydroxylation sites is 1. The lowest BCUT2D eigenvalue weighted by atomic mass is 10.0. The van der Waals surface area contributed by atoms with Gasteiger partial charge in [0.1, 0.15) is 0 Å². The van der Waals surface area contributed by atoms with Crippen LogP contribution in [0.4, 0.5) is 5.69 Å². The quantitative estimate of drug-likeness (QED) is 0.786. The number of hydrogen-bond acceptors (Lipinski definition) is 3. The van der Waals surface area contributed by atoms with E-state index in [1.165, 1.54) is 13.8 Å². The number of anilines is 1. The van der Waals surface area contributed by atoms with E-state index in [4.69, 9.17) is 0 Å². The van der Waals surface area contributed by atoms with E-state index in [0.29, 0.717) is 5.92 Å². The van der Waals surface area contributed by atoms with Crippen molar-refractivity contribution in [3.63, 3.8) is 0 Å². The van der Waals surface area contributed by atoms with Crippen LogP contribution in [0, 0.1) is 0 Å². The van der Waals surface area contributed by atoms with Gasteiger partial charge in [-0.1, -0.05) is 32.0 Å². The summed E-state index contributed by atoms with van der Waals surface area (Å²) in [6.45, 7) is 7.01. The summed E-state index contributed by atoms with van der Waals surface area (Å²) in [5.74, 6) is -0.00729. The highest BCUT2D eigenvalue weighted by Crippen LogP contribution is 2.24. The lowest BCUT2D eigenvalue weighted by Crippen LogP contribution is -2.44. The molecular formula is C14H20N2O2. The van der Waals surface area contributed by atoms with Gasteiger partial charge in [0.05, 0.1) is 0 Å². The Morgan fingerprint density at radius 3 is 2.22 bits per heavy atom. The second-order valence-corrected chi connectivity index (χ2v) is 4.63. The first kappa shape index (κ1) is 14.2. The molecule has 4 nitrogen and oxygen atoms in total. The second-order valence-electron chi connectivity index (χ2n) is 4.63. The lowest BCUT2D eigenvalue weighted by molar-refractivity contribution is -0.125. The summed E-state index contributed by atoms with van der Waals surface area (Å²) < 4.78 is 0. The van der Waals surface area contributed by atoms with Gasteiger partial charge >= 0.3 is 0 Å². The van der Waals surface area contributed by atoms with Crippen LogP contribution in [0.15, 0.2) is 24.3 Å². The summed E-state index contributed by atoms with van der Waals surface area (Å²) in [5, 5.41) is 5.67. The molecule has 0 aliphatic carbocycles. The molecule has 0 aromatic heterocycles. The number of carbonyl (C=O) groups is 2. The van der Waals surface area contributed by atoms with Crippen LogP contribution in [0.25, 0.3) is 0 Å². The molecule has 0 radical (unpaired) electrons. The molecule has 4 heteroatoms. The van der Waals surface area contributed by atoms with Crippen molar-refractivity contribution in [3.8, 4) is 0 Å². The molecule has 0 spiro atoms. The molecule has 1 aromatic carbocycles. The van der Waals surface area contributed by atoms with Crippen LogP contribution in [0.2, 0.25) is 0 Å². The van der Waals surface area contributed by atoms with Crippen LogP contribution in [-0.4, -0.2) is 17.9 Å². The molecule has 0 saturated heterocycles. The van der Waals surface area contributed by atoms with Crippen molar-refractivity contribution in [1.82, 2.24) is 5.32 Å². The molecule has 0 bridgehead atoms. The molecule has 1 aromatic rings. The predicted octanol–water partition coefficient (Wildman–Crippen LogP) is 2.27. The van der Waals surface area contributed by atoms with E-state index in [2.05, 4.69) is 24.5 Å². The van der Waals surface area contributed by atoms with E-state index in [9.17, 15) is 9.59 Å². The van der Waals surface area contributed by atoms with Crippen molar-refractivity contribution in [1.29, 1.82) is 0 Å². The molecule has 98 valence electrons. The average molecular weight is 248 g/mol. The summed E-state index contributed by atoms with van der Waals surface area (Å²) in [6.07, 6.45) is -0.678. The van der Waals surface area contributed by atoms with Gasteiger partial charge in [-0.05, 0) is 24.5 Å². The molecule has 0 fully saturated rings. The third-order valence-corrected chi connectivity index (χ3v) is 2.64. The van der Waals surface area contributed by atoms with Gasteiger partial charge in [-0.2, -0.15) is 0 Å². The number of nitrogens with one attached hydrogen (secondary N) is 2. The summed E-state index contributed by atoms with van der Waals surface area (Å²) in [7, 11) is 0. The van der Waals surface area contributed by atoms with Gasteiger partial charge in [0.15, 0.2) is 11.9 Å². The first-order chi connectivity index (χ1) is 8.41. The van der Waals surface area contributed by atoms with E-state index < -0.39 is 6.17 Å². The maximum absolute atomic E-state index is 11.5. The van der Waals surface area contributed by atoms with Crippen molar-refractivity contribution in [2.45, 2.75) is 39.8 Å². The van der Waals surface area contributed by atoms with Gasteiger partial charge in [-0.15, -0.1) is 0 Å². The van der Waals surface area contributed by atoms with Crippen LogP contribution < -0.4 is 10.6 Å². The topological polar surface area (TPSA) is 58.2 Å². The highest BCUT2D eigenvalue weighted by Gasteiger charge is 2.16. The van der Waals surface area contributed by atoms with E-state index >= 15 is 0 Å². The maximum Gasteiger partial charge on any atom is 0.218 e. The van der Waals surface area contributed by atoms with Crippen LogP contribution in [0.1, 0.15) is 39.2 Å². The normalized spacial score (nSPS) is 12.1. The highest BCUT2D eigenvalue weighted by atomic mass is 16.2. The zero-order valence-corrected chi connectivity index (χ0v) is 11.3. The molecule has 1 atom stereocenters. The largest absolute Gasteiger partial charge is 0.359 e. The molecule has 0 aliphatic rings. The molecule has 2 N–H and O–H groups in total. The zero-order valence-electron chi connectivity index (χ0n) is 11.3. The highest BCUT2D eigenvalue weighted by molar-refractivity contribution is 5.88. The molecule has 1 amide bonds. The fraction of sp³-hybridized carbons (Fsp3) is 0.429. The minimum atomic E-state index is -0.678. The van der Waals surface area contributed by atoms with Crippen LogP contribution in [0.5, 0.6) is 0 Å². The van der Waals surface area contributed by atoms with Crippen molar-refractivity contribution >= 4 is 17.4 Å². The van der Waals surface area contributed by atoms with E-state index in [-0.39, 0.29) is 11.7 Å². The number of carbonyl (C=O) groups excluding carboxylic acids is 2. The monoisotopic (exact) mass is 248 g/mol. The third kappa shape index (κ3) is 3.87. The first-order valence-corrected chi connectivity index (χ1v) is 6.04. The fourth-order valence-corrected chi connectivity index (χ4v) is 1.73. The molecule has 0 aliphatic heterocycles. The summed E-state index contributed by atoms with van der Waals surface area (Å²) in [6, 6.07) is 7.78. The van der Waals surface area contributed by atoms with Crippen LogP contribution in [-0.2, 0) is 9.59 Å². The fourth-order valence-electron chi connectivity index (χ4n) is 1.73. The number of benzene rings is 1. The summed E-state index contributed by atoms with van der Waals surface area (Å²) in [5.41, 5.74) is 2.00. The van der Waals surface area contributed by atoms with Crippen molar-refractivity contribution < 1.29 is 9.59 Å². The Morgan fingerprint density at radius 2 is 1.72 bits per heavy atom. The molecule has 0 heterocycles. The minimum absolute atomic E-state index is 0.122. The van der Waals surface area contributed by atoms with E-state index in [0.717, 1.165) is 11.3 Å². The van der Waals surface area contributed by atoms with E-state index in [1.807, 2.05) is 24.3 Å². The number of Topliss-reactive ketones (excluding diaryl/α,β-unsaturated/α-hetero) is 1. The Hall–Kier alpha value is -1.84. The molecule has 1 rings (SSSR count). The SMILES string of the molecule is CC(=O)NC(Nc1ccccc1C(C)C)C(C)=O. The van der Waals surface area contributed by atoms with E-state index in [1.54, 1.807) is 0 Å². The molecule has 0 saturated carbocycles. The van der Waals surface area contributed by atoms with Gasteiger partial charge in [-0.25, -0.2) is 0 Å².